The first-order valence-corrected chi connectivity index (χ1v) is 8.63. The van der Waals surface area contributed by atoms with Crippen LogP contribution < -0.4 is 5.56 Å². The van der Waals surface area contributed by atoms with Crippen molar-refractivity contribution < 1.29 is 4.42 Å². The van der Waals surface area contributed by atoms with E-state index in [2.05, 4.69) is 26.0 Å². The molecule has 0 aliphatic carbocycles. The van der Waals surface area contributed by atoms with Gasteiger partial charge in [0, 0.05) is 16.1 Å². The quantitative estimate of drug-likeness (QED) is 0.604. The number of nitrogens with zero attached hydrogens (tertiary/aromatic N) is 3. The molecule has 0 bridgehead atoms. The average Bonchev–Trinajstić information content (AvgIpc) is 3.06. The zero-order chi connectivity index (χ0) is 18.0. The van der Waals surface area contributed by atoms with Crippen LogP contribution in [0.2, 0.25) is 0 Å². The third kappa shape index (κ3) is 3.79. The molecule has 2 heterocycles. The first-order valence-electron chi connectivity index (χ1n) is 7.83. The highest BCUT2D eigenvalue weighted by Crippen LogP contribution is 2.22. The minimum atomic E-state index is -0.331. The monoisotopic (exact) mass is 399 g/mol. The van der Waals surface area contributed by atoms with Gasteiger partial charge < -0.3 is 4.42 Å². The SMILES string of the molecule is CC(C)(C)c1nc2ccc(Br)cc2c(=O)n1N=C/C=C/c1ccco1. The molecule has 5 nitrogen and oxygen atoms in total. The van der Waals surface area contributed by atoms with Gasteiger partial charge >= 0.3 is 0 Å². The number of fused-ring (bicyclic) bond motifs is 1. The van der Waals surface area contributed by atoms with Crippen molar-refractivity contribution in [2.45, 2.75) is 26.2 Å². The van der Waals surface area contributed by atoms with Gasteiger partial charge in [-0.2, -0.15) is 9.78 Å². The first kappa shape index (κ1) is 17.4. The lowest BCUT2D eigenvalue weighted by atomic mass is 9.95. The fourth-order valence-corrected chi connectivity index (χ4v) is 2.73. The van der Waals surface area contributed by atoms with Crippen LogP contribution in [0.25, 0.3) is 17.0 Å². The molecule has 128 valence electrons. The van der Waals surface area contributed by atoms with Crippen LogP contribution in [0.4, 0.5) is 0 Å². The van der Waals surface area contributed by atoms with Gasteiger partial charge in [0.2, 0.25) is 0 Å². The van der Waals surface area contributed by atoms with Crippen molar-refractivity contribution in [3.05, 3.63) is 69.1 Å². The van der Waals surface area contributed by atoms with E-state index >= 15 is 0 Å². The van der Waals surface area contributed by atoms with Crippen LogP contribution in [0.3, 0.4) is 0 Å². The van der Waals surface area contributed by atoms with Crippen LogP contribution in [-0.2, 0) is 5.41 Å². The van der Waals surface area contributed by atoms with Gasteiger partial charge in [-0.3, -0.25) is 4.79 Å². The van der Waals surface area contributed by atoms with Crippen molar-refractivity contribution in [3.8, 4) is 0 Å². The third-order valence-corrected chi connectivity index (χ3v) is 4.04. The van der Waals surface area contributed by atoms with Gasteiger partial charge in [0.15, 0.2) is 0 Å². The number of hydrogen-bond acceptors (Lipinski definition) is 4. The topological polar surface area (TPSA) is 60.4 Å². The molecule has 3 rings (SSSR count). The van der Waals surface area contributed by atoms with Crippen LogP contribution in [0.15, 0.2) is 61.5 Å². The van der Waals surface area contributed by atoms with Crippen molar-refractivity contribution in [3.63, 3.8) is 0 Å². The maximum absolute atomic E-state index is 12.9. The molecule has 1 aromatic carbocycles. The Morgan fingerprint density at radius 2 is 2.08 bits per heavy atom. The molecule has 0 fully saturated rings. The summed E-state index contributed by atoms with van der Waals surface area (Å²) < 4.78 is 7.42. The molecule has 0 unspecified atom stereocenters. The van der Waals surface area contributed by atoms with E-state index in [0.717, 1.165) is 10.2 Å². The van der Waals surface area contributed by atoms with Crippen molar-refractivity contribution in [2.24, 2.45) is 5.10 Å². The third-order valence-electron chi connectivity index (χ3n) is 3.55. The van der Waals surface area contributed by atoms with E-state index in [1.54, 1.807) is 30.7 Å². The van der Waals surface area contributed by atoms with Crippen molar-refractivity contribution in [1.29, 1.82) is 0 Å². The van der Waals surface area contributed by atoms with E-state index in [4.69, 9.17) is 4.42 Å². The van der Waals surface area contributed by atoms with Crippen LogP contribution in [0.1, 0.15) is 32.4 Å². The van der Waals surface area contributed by atoms with Gasteiger partial charge in [0.05, 0.1) is 17.2 Å². The molecule has 0 spiro atoms. The highest BCUT2D eigenvalue weighted by Gasteiger charge is 2.22. The zero-order valence-electron chi connectivity index (χ0n) is 14.2. The molecule has 0 aliphatic rings. The summed E-state index contributed by atoms with van der Waals surface area (Å²) in [6.45, 7) is 6.01. The van der Waals surface area contributed by atoms with E-state index in [-0.39, 0.29) is 11.0 Å². The van der Waals surface area contributed by atoms with Gasteiger partial charge in [0.1, 0.15) is 11.6 Å². The van der Waals surface area contributed by atoms with E-state index in [1.165, 1.54) is 4.68 Å². The summed E-state index contributed by atoms with van der Waals surface area (Å²) in [5, 5.41) is 4.85. The van der Waals surface area contributed by atoms with Gasteiger partial charge in [-0.25, -0.2) is 4.98 Å². The molecule has 3 aromatic rings. The summed E-state index contributed by atoms with van der Waals surface area (Å²) in [7, 11) is 0. The second-order valence-electron chi connectivity index (χ2n) is 6.60. The molecule has 6 heteroatoms. The van der Waals surface area contributed by atoms with E-state index < -0.39 is 0 Å². The summed E-state index contributed by atoms with van der Waals surface area (Å²) in [6.07, 6.45) is 6.66. The second-order valence-corrected chi connectivity index (χ2v) is 7.52. The largest absolute Gasteiger partial charge is 0.465 e. The minimum absolute atomic E-state index is 0.195. The van der Waals surface area contributed by atoms with Crippen LogP contribution in [0, 0.1) is 0 Å². The summed E-state index contributed by atoms with van der Waals surface area (Å²) in [5.41, 5.74) is 0.136. The molecule has 2 aromatic heterocycles. The minimum Gasteiger partial charge on any atom is -0.465 e. The predicted octanol–water partition coefficient (Wildman–Crippen LogP) is 4.60. The van der Waals surface area contributed by atoms with Crippen LogP contribution in [-0.4, -0.2) is 15.9 Å². The summed E-state index contributed by atoms with van der Waals surface area (Å²) in [4.78, 5) is 17.6. The number of halogens is 1. The Morgan fingerprint density at radius 3 is 2.76 bits per heavy atom. The van der Waals surface area contributed by atoms with E-state index in [9.17, 15) is 4.79 Å². The Bertz CT molecular complexity index is 1010. The van der Waals surface area contributed by atoms with Gasteiger partial charge in [-0.15, -0.1) is 0 Å². The molecule has 0 aliphatic heterocycles. The zero-order valence-corrected chi connectivity index (χ0v) is 15.8. The Kier molecular flexibility index (Phi) is 4.72. The first-order chi connectivity index (χ1) is 11.9. The lowest BCUT2D eigenvalue weighted by Crippen LogP contribution is -2.29. The fraction of sp³-hybridized carbons (Fsp3) is 0.211. The molecule has 25 heavy (non-hydrogen) atoms. The Labute approximate surface area is 153 Å². The van der Waals surface area contributed by atoms with Crippen molar-refractivity contribution in [1.82, 2.24) is 9.66 Å². The molecular formula is C19H18BrN3O2. The molecule has 0 saturated carbocycles. The van der Waals surface area contributed by atoms with E-state index in [1.807, 2.05) is 45.0 Å². The molecule has 0 atom stereocenters. The predicted molar refractivity (Wildman–Crippen MR) is 104 cm³/mol. The van der Waals surface area contributed by atoms with E-state index in [0.29, 0.717) is 16.7 Å². The second kappa shape index (κ2) is 6.80. The number of benzene rings is 1. The number of aromatic nitrogens is 2. The molecule has 0 amide bonds. The highest BCUT2D eigenvalue weighted by molar-refractivity contribution is 9.10. The van der Waals surface area contributed by atoms with Crippen LogP contribution >= 0.6 is 15.9 Å². The maximum atomic E-state index is 12.9. The Hall–Kier alpha value is -2.47. The molecule has 0 N–H and O–H groups in total. The standard InChI is InChI=1S/C19H18BrN3O2/c1-19(2,3)18-22-16-9-8-13(20)12-15(16)17(24)23(18)21-10-4-6-14-7-5-11-25-14/h4-12H,1-3H3/b6-4+,21-10?. The number of allylic oxidation sites excluding steroid dienone is 1. The summed E-state index contributed by atoms with van der Waals surface area (Å²) >= 11 is 3.40. The van der Waals surface area contributed by atoms with Gasteiger partial charge in [0.25, 0.3) is 5.56 Å². The number of hydrogen-bond donors (Lipinski definition) is 0. The van der Waals surface area contributed by atoms with Gasteiger partial charge in [-0.05, 0) is 42.5 Å². The highest BCUT2D eigenvalue weighted by atomic mass is 79.9. The Balaban J connectivity index is 2.11. The summed E-state index contributed by atoms with van der Waals surface area (Å²) in [6, 6.07) is 9.12. The summed E-state index contributed by atoms with van der Waals surface area (Å²) in [5.74, 6) is 1.32. The fourth-order valence-electron chi connectivity index (χ4n) is 2.37. The average molecular weight is 400 g/mol. The maximum Gasteiger partial charge on any atom is 0.282 e. The molecule has 0 radical (unpaired) electrons. The van der Waals surface area contributed by atoms with Crippen LogP contribution in [0.5, 0.6) is 0 Å². The Morgan fingerprint density at radius 1 is 1.28 bits per heavy atom. The number of rotatable bonds is 3. The lowest BCUT2D eigenvalue weighted by Gasteiger charge is -2.20. The lowest BCUT2D eigenvalue weighted by molar-refractivity contribution is 0.506. The molecule has 0 saturated heterocycles. The normalized spacial score (nSPS) is 12.6. The van der Waals surface area contributed by atoms with Crippen molar-refractivity contribution >= 4 is 39.1 Å². The number of furan rings is 1. The smallest absolute Gasteiger partial charge is 0.282 e. The van der Waals surface area contributed by atoms with Crippen molar-refractivity contribution in [2.75, 3.05) is 0 Å². The molecular weight excluding hydrogens is 382 g/mol. The van der Waals surface area contributed by atoms with Gasteiger partial charge in [-0.1, -0.05) is 36.7 Å².